The summed E-state index contributed by atoms with van der Waals surface area (Å²) in [7, 11) is 0. The summed E-state index contributed by atoms with van der Waals surface area (Å²) in [5.74, 6) is 0. The lowest BCUT2D eigenvalue weighted by Gasteiger charge is -2.36. The number of thioether (sulfide) groups is 1. The molecule has 90 valence electrons. The first-order valence-corrected chi connectivity index (χ1v) is 7.51. The molecule has 0 saturated heterocycles. The van der Waals surface area contributed by atoms with Crippen molar-refractivity contribution in [1.29, 1.82) is 0 Å². The molecule has 0 heterocycles. The molecule has 0 aromatic heterocycles. The summed E-state index contributed by atoms with van der Waals surface area (Å²) >= 11 is 2.04. The normalized spacial score (nSPS) is 30.2. The molecule has 1 N–H and O–H groups in total. The van der Waals surface area contributed by atoms with E-state index in [4.69, 9.17) is 0 Å². The molecular formula is C13H27NS. The molecule has 0 amide bonds. The summed E-state index contributed by atoms with van der Waals surface area (Å²) in [4.78, 5) is 0. The van der Waals surface area contributed by atoms with Crippen LogP contribution < -0.4 is 5.32 Å². The maximum atomic E-state index is 3.81. The van der Waals surface area contributed by atoms with Gasteiger partial charge in [0, 0.05) is 17.3 Å². The molecule has 0 bridgehead atoms. The van der Waals surface area contributed by atoms with Crippen LogP contribution in [0, 0.1) is 5.41 Å². The molecule has 1 aliphatic carbocycles. The highest BCUT2D eigenvalue weighted by Gasteiger charge is 2.26. The predicted octanol–water partition coefficient (Wildman–Crippen LogP) is 3.68. The van der Waals surface area contributed by atoms with Gasteiger partial charge >= 0.3 is 0 Å². The van der Waals surface area contributed by atoms with Crippen molar-refractivity contribution in [3.05, 3.63) is 0 Å². The molecule has 1 rings (SSSR count). The van der Waals surface area contributed by atoms with Crippen molar-refractivity contribution in [1.82, 2.24) is 5.32 Å². The minimum atomic E-state index is 0.381. The molecule has 1 nitrogen and oxygen atoms in total. The Hall–Kier alpha value is 0.310. The quantitative estimate of drug-likeness (QED) is 0.792. The number of rotatable bonds is 3. The molecule has 0 aromatic carbocycles. The highest BCUT2D eigenvalue weighted by molar-refractivity contribution is 7.99. The van der Waals surface area contributed by atoms with Crippen molar-refractivity contribution in [2.75, 3.05) is 6.26 Å². The minimum absolute atomic E-state index is 0.381. The van der Waals surface area contributed by atoms with Gasteiger partial charge in [0.25, 0.3) is 0 Å². The van der Waals surface area contributed by atoms with E-state index in [9.17, 15) is 0 Å². The molecule has 15 heavy (non-hydrogen) atoms. The number of hydrogen-bond acceptors (Lipinski definition) is 2. The molecule has 1 aliphatic rings. The summed E-state index contributed by atoms with van der Waals surface area (Å²) in [6, 6.07) is 1.37. The Labute approximate surface area is 99.8 Å². The summed E-state index contributed by atoms with van der Waals surface area (Å²) in [5.41, 5.74) is 0.381. The van der Waals surface area contributed by atoms with E-state index in [0.717, 1.165) is 11.3 Å². The van der Waals surface area contributed by atoms with E-state index >= 15 is 0 Å². The molecule has 3 unspecified atom stereocenters. The van der Waals surface area contributed by atoms with Crippen LogP contribution in [-0.4, -0.2) is 23.6 Å². The number of hydrogen-bond donors (Lipinski definition) is 1. The lowest BCUT2D eigenvalue weighted by atomic mass is 9.86. The molecular weight excluding hydrogens is 202 g/mol. The van der Waals surface area contributed by atoms with E-state index in [1.54, 1.807) is 0 Å². The van der Waals surface area contributed by atoms with E-state index in [0.29, 0.717) is 11.5 Å². The Morgan fingerprint density at radius 1 is 1.27 bits per heavy atom. The smallest absolute Gasteiger partial charge is 0.00898 e. The van der Waals surface area contributed by atoms with E-state index in [-0.39, 0.29) is 0 Å². The van der Waals surface area contributed by atoms with Gasteiger partial charge in [-0.05, 0) is 37.9 Å². The summed E-state index contributed by atoms with van der Waals surface area (Å²) < 4.78 is 0. The lowest BCUT2D eigenvalue weighted by molar-refractivity contribution is 0.240. The van der Waals surface area contributed by atoms with Crippen molar-refractivity contribution >= 4 is 11.8 Å². The Kier molecular flexibility index (Phi) is 4.98. The molecule has 3 atom stereocenters. The molecule has 1 saturated carbocycles. The Bertz CT molecular complexity index is 185. The van der Waals surface area contributed by atoms with Gasteiger partial charge < -0.3 is 5.32 Å². The second-order valence-electron chi connectivity index (χ2n) is 5.98. The zero-order valence-corrected chi connectivity index (χ0v) is 11.8. The van der Waals surface area contributed by atoms with Gasteiger partial charge in [0.1, 0.15) is 0 Å². The van der Waals surface area contributed by atoms with Crippen LogP contribution in [0.2, 0.25) is 0 Å². The van der Waals surface area contributed by atoms with Crippen molar-refractivity contribution < 1.29 is 0 Å². The third kappa shape index (κ3) is 4.36. The van der Waals surface area contributed by atoms with Gasteiger partial charge in [0.15, 0.2) is 0 Å². The molecule has 0 spiro atoms. The van der Waals surface area contributed by atoms with Crippen LogP contribution in [0.4, 0.5) is 0 Å². The van der Waals surface area contributed by atoms with Crippen LogP contribution >= 0.6 is 11.8 Å². The van der Waals surface area contributed by atoms with E-state index < -0.39 is 0 Å². The van der Waals surface area contributed by atoms with E-state index in [1.807, 2.05) is 11.8 Å². The fourth-order valence-electron chi connectivity index (χ4n) is 2.11. The van der Waals surface area contributed by atoms with Crippen LogP contribution in [0.25, 0.3) is 0 Å². The number of nitrogens with one attached hydrogen (secondary N) is 1. The van der Waals surface area contributed by atoms with Crippen LogP contribution in [0.1, 0.15) is 53.4 Å². The van der Waals surface area contributed by atoms with Gasteiger partial charge in [-0.15, -0.1) is 0 Å². The highest BCUT2D eigenvalue weighted by Crippen LogP contribution is 2.28. The van der Waals surface area contributed by atoms with Gasteiger partial charge in [0.2, 0.25) is 0 Å². The fourth-order valence-corrected chi connectivity index (χ4v) is 2.94. The van der Waals surface area contributed by atoms with Crippen molar-refractivity contribution in [3.8, 4) is 0 Å². The highest BCUT2D eigenvalue weighted by atomic mass is 32.2. The Balaban J connectivity index is 2.38. The molecule has 2 heteroatoms. The van der Waals surface area contributed by atoms with Crippen LogP contribution in [0.5, 0.6) is 0 Å². The van der Waals surface area contributed by atoms with Crippen LogP contribution in [-0.2, 0) is 0 Å². The van der Waals surface area contributed by atoms with Gasteiger partial charge in [0.05, 0.1) is 0 Å². The first kappa shape index (κ1) is 13.4. The maximum Gasteiger partial charge on any atom is 0.00898 e. The predicted molar refractivity (Wildman–Crippen MR) is 71.6 cm³/mol. The first-order valence-electron chi connectivity index (χ1n) is 6.22. The Morgan fingerprint density at radius 2 is 1.93 bits per heavy atom. The third-order valence-electron chi connectivity index (χ3n) is 3.74. The van der Waals surface area contributed by atoms with Gasteiger partial charge in [-0.2, -0.15) is 11.8 Å². The fraction of sp³-hybridized carbons (Fsp3) is 1.00. The second kappa shape index (κ2) is 5.58. The summed E-state index contributed by atoms with van der Waals surface area (Å²) in [6.45, 7) is 9.28. The molecule has 1 fully saturated rings. The van der Waals surface area contributed by atoms with Gasteiger partial charge in [-0.1, -0.05) is 27.2 Å². The molecule has 0 radical (unpaired) electrons. The zero-order chi connectivity index (χ0) is 11.5. The summed E-state index contributed by atoms with van der Waals surface area (Å²) in [6.07, 6.45) is 7.81. The average Bonchev–Trinajstić information content (AvgIpc) is 2.16. The maximum absolute atomic E-state index is 3.81. The van der Waals surface area contributed by atoms with E-state index in [2.05, 4.69) is 39.3 Å². The van der Waals surface area contributed by atoms with Crippen molar-refractivity contribution in [2.24, 2.45) is 5.41 Å². The SMILES string of the molecule is CSC1CCCC(NC(C)C(C)(C)C)C1. The van der Waals surface area contributed by atoms with E-state index in [1.165, 1.54) is 25.7 Å². The zero-order valence-electron chi connectivity index (χ0n) is 11.0. The largest absolute Gasteiger partial charge is 0.311 e. The molecule has 0 aliphatic heterocycles. The standard InChI is InChI=1S/C13H27NS/c1-10(13(2,3)4)14-11-7-6-8-12(9-11)15-5/h10-12,14H,6-9H2,1-5H3. The van der Waals surface area contributed by atoms with Crippen molar-refractivity contribution in [3.63, 3.8) is 0 Å². The monoisotopic (exact) mass is 229 g/mol. The van der Waals surface area contributed by atoms with Gasteiger partial charge in [-0.25, -0.2) is 0 Å². The van der Waals surface area contributed by atoms with Gasteiger partial charge in [-0.3, -0.25) is 0 Å². The Morgan fingerprint density at radius 3 is 2.47 bits per heavy atom. The lowest BCUT2D eigenvalue weighted by Crippen LogP contribution is -2.46. The topological polar surface area (TPSA) is 12.0 Å². The second-order valence-corrected chi connectivity index (χ2v) is 7.11. The minimum Gasteiger partial charge on any atom is -0.311 e. The third-order valence-corrected chi connectivity index (χ3v) is 4.84. The van der Waals surface area contributed by atoms with Crippen molar-refractivity contribution in [2.45, 2.75) is 70.7 Å². The average molecular weight is 229 g/mol. The molecule has 0 aromatic rings. The first-order chi connectivity index (χ1) is 6.93. The van der Waals surface area contributed by atoms with Crippen LogP contribution in [0.3, 0.4) is 0 Å². The summed E-state index contributed by atoms with van der Waals surface area (Å²) in [5, 5.41) is 4.70. The van der Waals surface area contributed by atoms with Crippen LogP contribution in [0.15, 0.2) is 0 Å².